The maximum absolute atomic E-state index is 12.6. The summed E-state index contributed by atoms with van der Waals surface area (Å²) in [5.74, 6) is -0.0328. The molecular weight excluding hydrogens is 378 g/mol. The molecule has 2 aromatic rings. The zero-order chi connectivity index (χ0) is 15.5. The van der Waals surface area contributed by atoms with Crippen LogP contribution >= 0.6 is 39.9 Å². The molecule has 5 heteroatoms. The van der Waals surface area contributed by atoms with E-state index < -0.39 is 0 Å². The monoisotopic (exact) mass is 389 g/mol. The summed E-state index contributed by atoms with van der Waals surface area (Å²) in [6.45, 7) is 0.513. The molecule has 22 heavy (non-hydrogen) atoms. The molecule has 2 aromatic carbocycles. The highest BCUT2D eigenvalue weighted by molar-refractivity contribution is 9.10. The number of halogens is 1. The van der Waals surface area contributed by atoms with Gasteiger partial charge < -0.3 is 0 Å². The van der Waals surface area contributed by atoms with E-state index in [1.165, 1.54) is 11.8 Å². The van der Waals surface area contributed by atoms with Crippen molar-refractivity contribution in [3.8, 4) is 0 Å². The number of carbonyl (C=O) groups excluding carboxylic acids is 1. The number of benzene rings is 2. The lowest BCUT2D eigenvalue weighted by molar-refractivity contribution is -0.122. The average Bonchev–Trinajstić information content (AvgIpc) is 2.78. The predicted molar refractivity (Wildman–Crippen MR) is 99.3 cm³/mol. The van der Waals surface area contributed by atoms with Crippen LogP contribution < -0.4 is 0 Å². The Kier molecular flexibility index (Phi) is 4.76. The van der Waals surface area contributed by atoms with Crippen LogP contribution in [0.5, 0.6) is 0 Å². The van der Waals surface area contributed by atoms with Crippen LogP contribution in [0, 0.1) is 0 Å². The molecule has 0 saturated carbocycles. The quantitative estimate of drug-likeness (QED) is 0.552. The van der Waals surface area contributed by atoms with Gasteiger partial charge >= 0.3 is 0 Å². The number of thiocarbonyl (C=S) groups is 1. The zero-order valence-electron chi connectivity index (χ0n) is 11.5. The van der Waals surface area contributed by atoms with Crippen molar-refractivity contribution in [3.05, 3.63) is 75.1 Å². The Balaban J connectivity index is 1.84. The average molecular weight is 390 g/mol. The molecule has 0 spiro atoms. The maximum atomic E-state index is 12.6. The molecule has 2 nitrogen and oxygen atoms in total. The van der Waals surface area contributed by atoms with Gasteiger partial charge in [0.15, 0.2) is 0 Å². The molecule has 1 amide bonds. The second-order valence-electron chi connectivity index (χ2n) is 4.77. The minimum absolute atomic E-state index is 0.0328. The van der Waals surface area contributed by atoms with Crippen molar-refractivity contribution in [1.82, 2.24) is 4.90 Å². The summed E-state index contributed by atoms with van der Waals surface area (Å²) in [7, 11) is 0. The van der Waals surface area contributed by atoms with Crippen molar-refractivity contribution in [2.75, 3.05) is 0 Å². The molecule has 0 radical (unpaired) electrons. The number of rotatable bonds is 3. The van der Waals surface area contributed by atoms with E-state index >= 15 is 0 Å². The van der Waals surface area contributed by atoms with E-state index in [0.29, 0.717) is 15.8 Å². The molecule has 1 aliphatic rings. The van der Waals surface area contributed by atoms with E-state index in [4.69, 9.17) is 12.2 Å². The first-order valence-electron chi connectivity index (χ1n) is 6.69. The van der Waals surface area contributed by atoms with E-state index in [1.807, 2.05) is 60.7 Å². The fraction of sp³-hybridized carbons (Fsp3) is 0.0588. The Hall–Kier alpha value is -1.43. The molecule has 1 fully saturated rings. The van der Waals surface area contributed by atoms with E-state index in [0.717, 1.165) is 15.6 Å². The lowest BCUT2D eigenvalue weighted by Gasteiger charge is -2.14. The summed E-state index contributed by atoms with van der Waals surface area (Å²) in [6, 6.07) is 17.7. The Bertz CT molecular complexity index is 758. The van der Waals surface area contributed by atoms with Crippen LogP contribution in [0.15, 0.2) is 64.0 Å². The summed E-state index contributed by atoms with van der Waals surface area (Å²) in [4.78, 5) is 14.9. The highest BCUT2D eigenvalue weighted by Gasteiger charge is 2.31. The van der Waals surface area contributed by atoms with Gasteiger partial charge in [0, 0.05) is 4.47 Å². The second-order valence-corrected chi connectivity index (χ2v) is 7.31. The van der Waals surface area contributed by atoms with E-state index in [2.05, 4.69) is 15.9 Å². The van der Waals surface area contributed by atoms with Crippen molar-refractivity contribution in [2.45, 2.75) is 6.54 Å². The second kappa shape index (κ2) is 6.77. The van der Waals surface area contributed by atoms with Gasteiger partial charge in [-0.25, -0.2) is 0 Å². The van der Waals surface area contributed by atoms with Crippen molar-refractivity contribution in [2.24, 2.45) is 0 Å². The summed E-state index contributed by atoms with van der Waals surface area (Å²) >= 11 is 10.2. The first-order chi connectivity index (χ1) is 10.6. The van der Waals surface area contributed by atoms with Crippen molar-refractivity contribution < 1.29 is 4.79 Å². The van der Waals surface area contributed by atoms with Crippen LogP contribution in [0.3, 0.4) is 0 Å². The Morgan fingerprint density at radius 3 is 2.50 bits per heavy atom. The highest BCUT2D eigenvalue weighted by atomic mass is 79.9. The van der Waals surface area contributed by atoms with Gasteiger partial charge in [-0.05, 0) is 23.3 Å². The lowest BCUT2D eigenvalue weighted by atomic mass is 10.2. The molecule has 0 unspecified atom stereocenters. The minimum atomic E-state index is -0.0328. The topological polar surface area (TPSA) is 20.3 Å². The minimum Gasteiger partial charge on any atom is -0.288 e. The van der Waals surface area contributed by atoms with Gasteiger partial charge in [0.2, 0.25) is 0 Å². The summed E-state index contributed by atoms with van der Waals surface area (Å²) < 4.78 is 1.57. The van der Waals surface area contributed by atoms with Crippen LogP contribution in [0.2, 0.25) is 0 Å². The molecule has 0 aromatic heterocycles. The number of nitrogens with zero attached hydrogens (tertiary/aromatic N) is 1. The van der Waals surface area contributed by atoms with Gasteiger partial charge in [0.25, 0.3) is 5.91 Å². The smallest absolute Gasteiger partial charge is 0.266 e. The van der Waals surface area contributed by atoms with E-state index in [9.17, 15) is 4.79 Å². The molecule has 0 aliphatic carbocycles. The van der Waals surface area contributed by atoms with Gasteiger partial charge in [-0.1, -0.05) is 88.4 Å². The molecule has 3 rings (SSSR count). The van der Waals surface area contributed by atoms with Crippen molar-refractivity contribution >= 4 is 56.2 Å². The van der Waals surface area contributed by atoms with Crippen LogP contribution in [0.1, 0.15) is 11.1 Å². The van der Waals surface area contributed by atoms with Gasteiger partial charge in [-0.15, -0.1) is 0 Å². The first-order valence-corrected chi connectivity index (χ1v) is 8.71. The third-order valence-electron chi connectivity index (χ3n) is 3.25. The van der Waals surface area contributed by atoms with Gasteiger partial charge in [-0.3, -0.25) is 9.69 Å². The number of thioether (sulfide) groups is 1. The normalized spacial score (nSPS) is 16.6. The third-order valence-corrected chi connectivity index (χ3v) is 5.35. The molecule has 1 saturated heterocycles. The molecular formula is C17H12BrNOS2. The fourth-order valence-corrected chi connectivity index (χ4v) is 3.78. The van der Waals surface area contributed by atoms with E-state index in [-0.39, 0.29) is 5.91 Å². The SMILES string of the molecule is O=C1/C(=C\c2ccccc2Br)SC(=S)N1Cc1ccccc1. The van der Waals surface area contributed by atoms with Crippen LogP contribution in [-0.4, -0.2) is 15.1 Å². The van der Waals surface area contributed by atoms with Crippen molar-refractivity contribution in [1.29, 1.82) is 0 Å². The summed E-state index contributed by atoms with van der Waals surface area (Å²) in [6.07, 6.45) is 1.88. The largest absolute Gasteiger partial charge is 0.288 e. The first kappa shape index (κ1) is 15.5. The highest BCUT2D eigenvalue weighted by Crippen LogP contribution is 2.34. The van der Waals surface area contributed by atoms with Crippen molar-refractivity contribution in [3.63, 3.8) is 0 Å². The number of hydrogen-bond acceptors (Lipinski definition) is 3. The predicted octanol–water partition coefficient (Wildman–Crippen LogP) is 4.85. The Morgan fingerprint density at radius 2 is 1.77 bits per heavy atom. The summed E-state index contributed by atoms with van der Waals surface area (Å²) in [5, 5.41) is 0. The molecule has 1 aliphatic heterocycles. The summed E-state index contributed by atoms with van der Waals surface area (Å²) in [5.41, 5.74) is 2.05. The fourth-order valence-electron chi connectivity index (χ4n) is 2.14. The van der Waals surface area contributed by atoms with Crippen LogP contribution in [0.25, 0.3) is 6.08 Å². The third kappa shape index (κ3) is 3.32. The zero-order valence-corrected chi connectivity index (χ0v) is 14.7. The molecule has 0 bridgehead atoms. The van der Waals surface area contributed by atoms with Gasteiger partial charge in [0.1, 0.15) is 4.32 Å². The number of carbonyl (C=O) groups is 1. The van der Waals surface area contributed by atoms with Crippen LogP contribution in [0.4, 0.5) is 0 Å². The maximum Gasteiger partial charge on any atom is 0.266 e. The standard InChI is InChI=1S/C17H12BrNOS2/c18-14-9-5-4-8-13(14)10-15-16(20)19(17(21)22-15)11-12-6-2-1-3-7-12/h1-10H,11H2/b15-10+. The molecule has 0 N–H and O–H groups in total. The lowest BCUT2D eigenvalue weighted by Crippen LogP contribution is -2.27. The Morgan fingerprint density at radius 1 is 1.09 bits per heavy atom. The molecule has 110 valence electrons. The molecule has 0 atom stereocenters. The number of hydrogen-bond donors (Lipinski definition) is 0. The van der Waals surface area contributed by atoms with Gasteiger partial charge in [0.05, 0.1) is 11.4 Å². The van der Waals surface area contributed by atoms with E-state index in [1.54, 1.807) is 4.90 Å². The van der Waals surface area contributed by atoms with Crippen LogP contribution in [-0.2, 0) is 11.3 Å². The number of amides is 1. The Labute approximate surface area is 147 Å². The molecule has 1 heterocycles. The van der Waals surface area contributed by atoms with Gasteiger partial charge in [-0.2, -0.15) is 0 Å².